The fraction of sp³-hybridized carbons (Fsp3) is 0.353. The summed E-state index contributed by atoms with van der Waals surface area (Å²) in [4.78, 5) is 32.6. The molecule has 1 aliphatic rings. The van der Waals surface area contributed by atoms with Crippen LogP contribution in [0.25, 0.3) is 0 Å². The Morgan fingerprint density at radius 2 is 1.75 bits per heavy atom. The van der Waals surface area contributed by atoms with E-state index in [2.05, 4.69) is 4.98 Å². The van der Waals surface area contributed by atoms with Crippen molar-refractivity contribution in [1.82, 2.24) is 14.8 Å². The van der Waals surface area contributed by atoms with Gasteiger partial charge in [-0.15, -0.1) is 11.3 Å². The number of aryl methyl sites for hydroxylation is 1. The SMILES string of the molecule is Cc1nc(C(=O)N2CCN(C(=O)Cc3ccc(Cl)cc3)CC2)cs1. The van der Waals surface area contributed by atoms with Crippen LogP contribution in [0.15, 0.2) is 29.6 Å². The van der Waals surface area contributed by atoms with Gasteiger partial charge in [0.05, 0.1) is 11.4 Å². The first-order valence-corrected chi connectivity index (χ1v) is 9.02. The molecule has 0 spiro atoms. The second kappa shape index (κ2) is 7.32. The first-order chi connectivity index (χ1) is 11.5. The quantitative estimate of drug-likeness (QED) is 0.842. The van der Waals surface area contributed by atoms with Crippen LogP contribution in [0.5, 0.6) is 0 Å². The Morgan fingerprint density at radius 1 is 1.12 bits per heavy atom. The number of hydrogen-bond acceptors (Lipinski definition) is 4. The molecule has 2 heterocycles. The molecule has 0 bridgehead atoms. The van der Waals surface area contributed by atoms with Crippen molar-refractivity contribution in [3.8, 4) is 0 Å². The minimum atomic E-state index is -0.0517. The Hall–Kier alpha value is -1.92. The van der Waals surface area contributed by atoms with Crippen molar-refractivity contribution in [3.05, 3.63) is 50.9 Å². The number of piperazine rings is 1. The van der Waals surface area contributed by atoms with Crippen LogP contribution in [0, 0.1) is 6.92 Å². The van der Waals surface area contributed by atoms with Gasteiger partial charge in [-0.2, -0.15) is 0 Å². The van der Waals surface area contributed by atoms with Crippen LogP contribution >= 0.6 is 22.9 Å². The van der Waals surface area contributed by atoms with E-state index in [-0.39, 0.29) is 11.8 Å². The number of amides is 2. The van der Waals surface area contributed by atoms with Gasteiger partial charge in [0, 0.05) is 36.6 Å². The molecule has 1 aromatic carbocycles. The lowest BCUT2D eigenvalue weighted by atomic mass is 10.1. The second-order valence-electron chi connectivity index (χ2n) is 5.73. The Labute approximate surface area is 149 Å². The molecular formula is C17H18ClN3O2S. The summed E-state index contributed by atoms with van der Waals surface area (Å²) in [6, 6.07) is 7.31. The van der Waals surface area contributed by atoms with Gasteiger partial charge in [0.15, 0.2) is 0 Å². The Bertz CT molecular complexity index is 737. The molecule has 7 heteroatoms. The molecule has 2 aromatic rings. The van der Waals surface area contributed by atoms with Crippen LogP contribution in [0.3, 0.4) is 0 Å². The zero-order chi connectivity index (χ0) is 17.1. The molecule has 0 atom stereocenters. The number of carbonyl (C=O) groups excluding carboxylic acids is 2. The van der Waals surface area contributed by atoms with Gasteiger partial charge in [0.2, 0.25) is 5.91 Å². The average Bonchev–Trinajstić information content (AvgIpc) is 3.03. The van der Waals surface area contributed by atoms with Gasteiger partial charge in [-0.3, -0.25) is 9.59 Å². The summed E-state index contributed by atoms with van der Waals surface area (Å²) in [5.74, 6) is 0.0260. The molecule has 1 aromatic heterocycles. The van der Waals surface area contributed by atoms with E-state index in [0.29, 0.717) is 43.3 Å². The van der Waals surface area contributed by atoms with E-state index in [1.54, 1.807) is 22.4 Å². The summed E-state index contributed by atoms with van der Waals surface area (Å²) in [7, 11) is 0. The molecule has 0 unspecified atom stereocenters. The highest BCUT2D eigenvalue weighted by molar-refractivity contribution is 7.09. The van der Waals surface area contributed by atoms with E-state index >= 15 is 0 Å². The lowest BCUT2D eigenvalue weighted by molar-refractivity contribution is -0.131. The van der Waals surface area contributed by atoms with Crippen molar-refractivity contribution >= 4 is 34.8 Å². The molecular weight excluding hydrogens is 346 g/mol. The van der Waals surface area contributed by atoms with Crippen molar-refractivity contribution in [1.29, 1.82) is 0 Å². The highest BCUT2D eigenvalue weighted by Crippen LogP contribution is 2.14. The van der Waals surface area contributed by atoms with Gasteiger partial charge < -0.3 is 9.80 Å². The van der Waals surface area contributed by atoms with Gasteiger partial charge in [0.1, 0.15) is 5.69 Å². The summed E-state index contributed by atoms with van der Waals surface area (Å²) in [5.41, 5.74) is 1.44. The van der Waals surface area contributed by atoms with Crippen molar-refractivity contribution in [2.24, 2.45) is 0 Å². The summed E-state index contributed by atoms with van der Waals surface area (Å²) < 4.78 is 0. The second-order valence-corrected chi connectivity index (χ2v) is 7.23. The van der Waals surface area contributed by atoms with Gasteiger partial charge >= 0.3 is 0 Å². The Morgan fingerprint density at radius 3 is 2.33 bits per heavy atom. The van der Waals surface area contributed by atoms with Crippen LogP contribution in [-0.2, 0) is 11.2 Å². The first kappa shape index (κ1) is 16.9. The van der Waals surface area contributed by atoms with Gasteiger partial charge in [0.25, 0.3) is 5.91 Å². The van der Waals surface area contributed by atoms with Crippen molar-refractivity contribution in [2.75, 3.05) is 26.2 Å². The molecule has 1 fully saturated rings. The molecule has 0 aliphatic carbocycles. The minimum absolute atomic E-state index is 0.0517. The topological polar surface area (TPSA) is 53.5 Å². The fourth-order valence-electron chi connectivity index (χ4n) is 2.67. The Kier molecular flexibility index (Phi) is 5.16. The van der Waals surface area contributed by atoms with E-state index in [1.165, 1.54) is 11.3 Å². The lowest BCUT2D eigenvalue weighted by Gasteiger charge is -2.34. The standard InChI is InChI=1S/C17H18ClN3O2S/c1-12-19-15(11-24-12)17(23)21-8-6-20(7-9-21)16(22)10-13-2-4-14(18)5-3-13/h2-5,11H,6-10H2,1H3. The molecule has 126 valence electrons. The number of nitrogens with zero attached hydrogens (tertiary/aromatic N) is 3. The monoisotopic (exact) mass is 363 g/mol. The predicted molar refractivity (Wildman–Crippen MR) is 94.5 cm³/mol. The molecule has 2 amide bonds. The number of aromatic nitrogens is 1. The molecule has 3 rings (SSSR count). The van der Waals surface area contributed by atoms with Crippen LogP contribution in [0.1, 0.15) is 21.1 Å². The summed E-state index contributed by atoms with van der Waals surface area (Å²) >= 11 is 7.33. The van der Waals surface area contributed by atoms with Gasteiger partial charge in [-0.05, 0) is 24.6 Å². The predicted octanol–water partition coefficient (Wildman–Crippen LogP) is 2.63. The van der Waals surface area contributed by atoms with Gasteiger partial charge in [-0.25, -0.2) is 4.98 Å². The van der Waals surface area contributed by atoms with Gasteiger partial charge in [-0.1, -0.05) is 23.7 Å². The number of hydrogen-bond donors (Lipinski definition) is 0. The zero-order valence-corrected chi connectivity index (χ0v) is 14.9. The normalized spacial score (nSPS) is 14.8. The highest BCUT2D eigenvalue weighted by atomic mass is 35.5. The maximum atomic E-state index is 12.4. The smallest absolute Gasteiger partial charge is 0.273 e. The maximum Gasteiger partial charge on any atom is 0.273 e. The molecule has 1 saturated heterocycles. The number of rotatable bonds is 3. The molecule has 5 nitrogen and oxygen atoms in total. The van der Waals surface area contributed by atoms with E-state index in [1.807, 2.05) is 24.0 Å². The van der Waals surface area contributed by atoms with Crippen molar-refractivity contribution < 1.29 is 9.59 Å². The van der Waals surface area contributed by atoms with Crippen LogP contribution in [-0.4, -0.2) is 52.8 Å². The molecule has 0 radical (unpaired) electrons. The Balaban J connectivity index is 1.53. The molecule has 0 saturated carbocycles. The number of thiazole rings is 1. The average molecular weight is 364 g/mol. The number of benzene rings is 1. The minimum Gasteiger partial charge on any atom is -0.339 e. The maximum absolute atomic E-state index is 12.4. The summed E-state index contributed by atoms with van der Waals surface area (Å²) in [6.07, 6.45) is 0.358. The molecule has 0 N–H and O–H groups in total. The molecule has 1 aliphatic heterocycles. The lowest BCUT2D eigenvalue weighted by Crippen LogP contribution is -2.51. The van der Waals surface area contributed by atoms with Crippen molar-refractivity contribution in [2.45, 2.75) is 13.3 Å². The van der Waals surface area contributed by atoms with E-state index in [0.717, 1.165) is 10.6 Å². The van der Waals surface area contributed by atoms with Crippen molar-refractivity contribution in [3.63, 3.8) is 0 Å². The number of halogens is 1. The highest BCUT2D eigenvalue weighted by Gasteiger charge is 2.25. The summed E-state index contributed by atoms with van der Waals surface area (Å²) in [5, 5.41) is 3.33. The van der Waals surface area contributed by atoms with E-state index in [9.17, 15) is 9.59 Å². The number of carbonyl (C=O) groups is 2. The zero-order valence-electron chi connectivity index (χ0n) is 13.4. The molecule has 24 heavy (non-hydrogen) atoms. The first-order valence-electron chi connectivity index (χ1n) is 7.76. The van der Waals surface area contributed by atoms with Crippen LogP contribution in [0.2, 0.25) is 5.02 Å². The third-order valence-corrected chi connectivity index (χ3v) is 5.05. The van der Waals surface area contributed by atoms with E-state index in [4.69, 9.17) is 11.6 Å². The van der Waals surface area contributed by atoms with Crippen LogP contribution in [0.4, 0.5) is 0 Å². The van der Waals surface area contributed by atoms with E-state index < -0.39 is 0 Å². The summed E-state index contributed by atoms with van der Waals surface area (Å²) in [6.45, 7) is 4.08. The van der Waals surface area contributed by atoms with Crippen LogP contribution < -0.4 is 0 Å². The third-order valence-electron chi connectivity index (χ3n) is 4.03. The largest absolute Gasteiger partial charge is 0.339 e. The third kappa shape index (κ3) is 3.94. The fourth-order valence-corrected chi connectivity index (χ4v) is 3.38.